The lowest BCUT2D eigenvalue weighted by atomic mass is 10.1. The Balaban J connectivity index is 2.25. The van der Waals surface area contributed by atoms with E-state index in [-0.39, 0.29) is 5.43 Å². The molecule has 1 heterocycles. The molecule has 0 N–H and O–H groups in total. The van der Waals surface area contributed by atoms with Gasteiger partial charge in [-0.25, -0.2) is 0 Å². The summed E-state index contributed by atoms with van der Waals surface area (Å²) in [5, 5.41) is 1.45. The van der Waals surface area contributed by atoms with E-state index in [9.17, 15) is 4.79 Å². The second-order valence-corrected chi connectivity index (χ2v) is 5.37. The van der Waals surface area contributed by atoms with Crippen molar-refractivity contribution in [2.45, 2.75) is 0 Å². The molecular weight excluding hydrogens is 311 g/mol. The van der Waals surface area contributed by atoms with Gasteiger partial charge in [0, 0.05) is 27.7 Å². The van der Waals surface area contributed by atoms with Gasteiger partial charge in [-0.3, -0.25) is 4.79 Å². The monoisotopic (exact) mass is 320 g/mol. The van der Waals surface area contributed by atoms with E-state index in [4.69, 9.17) is 32.4 Å². The smallest absolute Gasteiger partial charge is 0.193 e. The molecule has 3 aromatic rings. The second-order valence-electron chi connectivity index (χ2n) is 4.50. The van der Waals surface area contributed by atoms with Crippen molar-refractivity contribution in [1.29, 1.82) is 0 Å². The van der Waals surface area contributed by atoms with Crippen LogP contribution in [-0.4, -0.2) is 7.11 Å². The lowest BCUT2D eigenvalue weighted by molar-refractivity contribution is 0.414. The first kappa shape index (κ1) is 14.0. The van der Waals surface area contributed by atoms with Crippen molar-refractivity contribution in [3.05, 3.63) is 62.7 Å². The second kappa shape index (κ2) is 5.43. The van der Waals surface area contributed by atoms with E-state index in [0.29, 0.717) is 38.1 Å². The maximum atomic E-state index is 12.2. The highest BCUT2D eigenvalue weighted by atomic mass is 35.5. The Labute approximate surface area is 130 Å². The number of hydrogen-bond donors (Lipinski definition) is 0. The minimum Gasteiger partial charge on any atom is -0.497 e. The molecule has 0 saturated carbocycles. The average Bonchev–Trinajstić information content (AvgIpc) is 2.45. The topological polar surface area (TPSA) is 39.4 Å². The molecule has 0 aliphatic rings. The molecule has 0 spiro atoms. The van der Waals surface area contributed by atoms with Crippen LogP contribution in [0, 0.1) is 0 Å². The lowest BCUT2D eigenvalue weighted by Crippen LogP contribution is -2.00. The summed E-state index contributed by atoms with van der Waals surface area (Å²) >= 11 is 12.0. The molecule has 0 aliphatic heterocycles. The van der Waals surface area contributed by atoms with Crippen molar-refractivity contribution in [3.8, 4) is 17.1 Å². The van der Waals surface area contributed by atoms with E-state index in [1.807, 2.05) is 0 Å². The molecule has 0 bridgehead atoms. The highest BCUT2D eigenvalue weighted by Crippen LogP contribution is 2.29. The van der Waals surface area contributed by atoms with Crippen molar-refractivity contribution in [3.63, 3.8) is 0 Å². The van der Waals surface area contributed by atoms with Gasteiger partial charge < -0.3 is 9.15 Å². The van der Waals surface area contributed by atoms with E-state index >= 15 is 0 Å². The van der Waals surface area contributed by atoms with Crippen molar-refractivity contribution in [2.75, 3.05) is 7.11 Å². The number of rotatable bonds is 2. The third-order valence-corrected chi connectivity index (χ3v) is 3.52. The van der Waals surface area contributed by atoms with Crippen molar-refractivity contribution >= 4 is 34.2 Å². The fourth-order valence-corrected chi connectivity index (χ4v) is 2.63. The van der Waals surface area contributed by atoms with E-state index < -0.39 is 0 Å². The average molecular weight is 321 g/mol. The molecule has 0 fully saturated rings. The molecule has 2 aromatic carbocycles. The molecule has 106 valence electrons. The Hall–Kier alpha value is -1.97. The number of halogens is 2. The maximum Gasteiger partial charge on any atom is 0.193 e. The molecule has 21 heavy (non-hydrogen) atoms. The molecule has 0 radical (unpaired) electrons. The van der Waals surface area contributed by atoms with E-state index in [2.05, 4.69) is 0 Å². The van der Waals surface area contributed by atoms with Gasteiger partial charge in [0.1, 0.15) is 17.1 Å². The van der Waals surface area contributed by atoms with Crippen LogP contribution >= 0.6 is 23.2 Å². The van der Waals surface area contributed by atoms with Crippen LogP contribution in [-0.2, 0) is 0 Å². The van der Waals surface area contributed by atoms with Crippen LogP contribution in [0.3, 0.4) is 0 Å². The Morgan fingerprint density at radius 1 is 1.00 bits per heavy atom. The van der Waals surface area contributed by atoms with Crippen LogP contribution in [0.15, 0.2) is 51.7 Å². The Morgan fingerprint density at radius 2 is 1.71 bits per heavy atom. The molecule has 1 aromatic heterocycles. The first-order chi connectivity index (χ1) is 10.1. The number of benzene rings is 2. The quantitative estimate of drug-likeness (QED) is 0.682. The van der Waals surface area contributed by atoms with Crippen LogP contribution in [0.2, 0.25) is 10.0 Å². The van der Waals surface area contributed by atoms with Gasteiger partial charge in [0.05, 0.1) is 12.5 Å². The maximum absolute atomic E-state index is 12.2. The first-order valence-corrected chi connectivity index (χ1v) is 6.91. The van der Waals surface area contributed by atoms with Crippen LogP contribution < -0.4 is 10.2 Å². The predicted molar refractivity (Wildman–Crippen MR) is 84.5 cm³/mol. The zero-order valence-corrected chi connectivity index (χ0v) is 12.5. The molecule has 0 amide bonds. The van der Waals surface area contributed by atoms with Crippen molar-refractivity contribution in [2.24, 2.45) is 0 Å². The number of methoxy groups -OCH3 is 1. The Kier molecular flexibility index (Phi) is 3.62. The predicted octanol–water partition coefficient (Wildman–Crippen LogP) is 4.78. The standard InChI is InChI=1S/C16H10Cl2O3/c1-20-12-2-3-13-14(19)8-15(21-16(13)7-12)9-4-10(17)6-11(18)5-9/h2-8H,1H3. The van der Waals surface area contributed by atoms with Gasteiger partial charge in [0.25, 0.3) is 0 Å². The van der Waals surface area contributed by atoms with Gasteiger partial charge in [0.15, 0.2) is 5.43 Å². The van der Waals surface area contributed by atoms with Crippen LogP contribution in [0.4, 0.5) is 0 Å². The summed E-state index contributed by atoms with van der Waals surface area (Å²) in [4.78, 5) is 12.2. The number of fused-ring (bicyclic) bond motifs is 1. The van der Waals surface area contributed by atoms with E-state index in [1.165, 1.54) is 6.07 Å². The molecule has 3 nitrogen and oxygen atoms in total. The van der Waals surface area contributed by atoms with Gasteiger partial charge in [0.2, 0.25) is 0 Å². The minimum absolute atomic E-state index is 0.134. The number of ether oxygens (including phenoxy) is 1. The molecule has 0 saturated heterocycles. The Bertz CT molecular complexity index is 864. The van der Waals surface area contributed by atoms with E-state index in [0.717, 1.165) is 0 Å². The summed E-state index contributed by atoms with van der Waals surface area (Å²) in [5.74, 6) is 1.03. The summed E-state index contributed by atoms with van der Waals surface area (Å²) < 4.78 is 10.9. The minimum atomic E-state index is -0.134. The molecule has 5 heteroatoms. The molecule has 0 unspecified atom stereocenters. The largest absolute Gasteiger partial charge is 0.497 e. The summed E-state index contributed by atoms with van der Waals surface area (Å²) in [6.45, 7) is 0. The lowest BCUT2D eigenvalue weighted by Gasteiger charge is -2.06. The molecule has 3 rings (SSSR count). The summed E-state index contributed by atoms with van der Waals surface area (Å²) in [6.07, 6.45) is 0. The Morgan fingerprint density at radius 3 is 2.38 bits per heavy atom. The summed E-state index contributed by atoms with van der Waals surface area (Å²) in [6, 6.07) is 11.5. The zero-order chi connectivity index (χ0) is 15.0. The summed E-state index contributed by atoms with van der Waals surface area (Å²) in [7, 11) is 1.56. The number of hydrogen-bond acceptors (Lipinski definition) is 3. The highest BCUT2D eigenvalue weighted by Gasteiger charge is 2.09. The van der Waals surface area contributed by atoms with Gasteiger partial charge in [-0.2, -0.15) is 0 Å². The van der Waals surface area contributed by atoms with E-state index in [1.54, 1.807) is 43.5 Å². The highest BCUT2D eigenvalue weighted by molar-refractivity contribution is 6.35. The fraction of sp³-hybridized carbons (Fsp3) is 0.0625. The van der Waals surface area contributed by atoms with Crippen molar-refractivity contribution in [1.82, 2.24) is 0 Å². The fourth-order valence-electron chi connectivity index (χ4n) is 2.10. The molecule has 0 atom stereocenters. The zero-order valence-electron chi connectivity index (χ0n) is 11.0. The van der Waals surface area contributed by atoms with Crippen LogP contribution in [0.5, 0.6) is 5.75 Å². The third-order valence-electron chi connectivity index (χ3n) is 3.08. The molecule has 0 aliphatic carbocycles. The third kappa shape index (κ3) is 2.75. The van der Waals surface area contributed by atoms with Crippen molar-refractivity contribution < 1.29 is 9.15 Å². The van der Waals surface area contributed by atoms with Gasteiger partial charge in [-0.1, -0.05) is 23.2 Å². The SMILES string of the molecule is COc1ccc2c(=O)cc(-c3cc(Cl)cc(Cl)c3)oc2c1. The first-order valence-electron chi connectivity index (χ1n) is 6.15. The van der Waals surface area contributed by atoms with Gasteiger partial charge in [-0.05, 0) is 30.3 Å². The van der Waals surface area contributed by atoms with Crippen LogP contribution in [0.1, 0.15) is 0 Å². The van der Waals surface area contributed by atoms with Gasteiger partial charge >= 0.3 is 0 Å². The van der Waals surface area contributed by atoms with Gasteiger partial charge in [-0.15, -0.1) is 0 Å². The summed E-state index contributed by atoms with van der Waals surface area (Å²) in [5.41, 5.74) is 0.965. The molecular formula is C16H10Cl2O3. The normalized spacial score (nSPS) is 10.8. The van der Waals surface area contributed by atoms with Crippen LogP contribution in [0.25, 0.3) is 22.3 Å².